The minimum absolute atomic E-state index is 0.163. The quantitative estimate of drug-likeness (QED) is 0.392. The maximum absolute atomic E-state index is 9.09. The van der Waals surface area contributed by atoms with Gasteiger partial charge in [-0.1, -0.05) is 19.1 Å². The number of aliphatic imine (C=N–C) groups is 1. The van der Waals surface area contributed by atoms with Crippen molar-refractivity contribution in [1.82, 2.24) is 20.2 Å². The number of aliphatic hydroxyl groups excluding tert-OH is 1. The monoisotopic (exact) mass is 331 g/mol. The number of hydrogen-bond acceptors (Lipinski definition) is 3. The minimum atomic E-state index is 0.163. The Morgan fingerprint density at radius 2 is 2.12 bits per heavy atom. The van der Waals surface area contributed by atoms with E-state index in [0.717, 1.165) is 43.4 Å². The average molecular weight is 331 g/mol. The Morgan fingerprint density at radius 3 is 2.88 bits per heavy atom. The highest BCUT2D eigenvalue weighted by molar-refractivity contribution is 5.79. The van der Waals surface area contributed by atoms with Crippen molar-refractivity contribution in [3.8, 4) is 0 Å². The van der Waals surface area contributed by atoms with Gasteiger partial charge < -0.3 is 20.3 Å². The lowest BCUT2D eigenvalue weighted by atomic mass is 10.2. The van der Waals surface area contributed by atoms with Crippen molar-refractivity contribution in [1.29, 1.82) is 0 Å². The van der Waals surface area contributed by atoms with E-state index in [-0.39, 0.29) is 12.5 Å². The first-order valence-corrected chi connectivity index (χ1v) is 8.70. The van der Waals surface area contributed by atoms with Crippen LogP contribution < -0.4 is 10.6 Å². The van der Waals surface area contributed by atoms with Crippen LogP contribution in [0, 0.1) is 12.8 Å². The molecule has 1 atom stereocenters. The Kier molecular flexibility index (Phi) is 7.06. The number of para-hydroxylation sites is 2. The fraction of sp³-hybridized carbons (Fsp3) is 0.556. The molecule has 0 spiro atoms. The van der Waals surface area contributed by atoms with E-state index in [2.05, 4.69) is 50.3 Å². The highest BCUT2D eigenvalue weighted by atomic mass is 16.3. The molecule has 0 aliphatic rings. The van der Waals surface area contributed by atoms with Crippen LogP contribution in [0.5, 0.6) is 0 Å². The summed E-state index contributed by atoms with van der Waals surface area (Å²) in [4.78, 5) is 9.10. The van der Waals surface area contributed by atoms with Crippen LogP contribution in [0.3, 0.4) is 0 Å². The lowest BCUT2D eigenvalue weighted by molar-refractivity contribution is 0.241. The summed E-state index contributed by atoms with van der Waals surface area (Å²) in [6.45, 7) is 9.46. The molecular formula is C18H29N5O. The Labute approximate surface area is 144 Å². The number of fused-ring (bicyclic) bond motifs is 1. The number of imidazole rings is 1. The molecule has 0 fully saturated rings. The van der Waals surface area contributed by atoms with E-state index < -0.39 is 0 Å². The smallest absolute Gasteiger partial charge is 0.191 e. The van der Waals surface area contributed by atoms with Gasteiger partial charge in [0.25, 0.3) is 0 Å². The molecule has 1 aromatic carbocycles. The number of guanidine groups is 1. The summed E-state index contributed by atoms with van der Waals surface area (Å²) in [5, 5.41) is 15.7. The van der Waals surface area contributed by atoms with Crippen molar-refractivity contribution in [2.45, 2.75) is 33.7 Å². The predicted molar refractivity (Wildman–Crippen MR) is 99.3 cm³/mol. The fourth-order valence-electron chi connectivity index (χ4n) is 2.57. The zero-order chi connectivity index (χ0) is 17.4. The molecule has 1 unspecified atom stereocenters. The van der Waals surface area contributed by atoms with Gasteiger partial charge in [0, 0.05) is 32.8 Å². The first-order chi connectivity index (χ1) is 11.7. The Morgan fingerprint density at radius 1 is 1.33 bits per heavy atom. The summed E-state index contributed by atoms with van der Waals surface area (Å²) in [5.41, 5.74) is 2.24. The Hall–Kier alpha value is -2.08. The Bertz CT molecular complexity index is 664. The van der Waals surface area contributed by atoms with Crippen LogP contribution in [0.2, 0.25) is 0 Å². The standard InChI is InChI=1S/C18H29N5O/c1-4-19-18(21-12-14(2)13-24)20-10-7-11-23-15(3)22-16-8-5-6-9-17(16)23/h5-6,8-9,14,24H,4,7,10-13H2,1-3H3,(H2,19,20,21). The van der Waals surface area contributed by atoms with Crippen molar-refractivity contribution in [2.24, 2.45) is 10.9 Å². The third kappa shape index (κ3) is 4.96. The highest BCUT2D eigenvalue weighted by Gasteiger charge is 2.06. The number of aromatic nitrogens is 2. The number of nitrogens with zero attached hydrogens (tertiary/aromatic N) is 3. The first kappa shape index (κ1) is 18.3. The van der Waals surface area contributed by atoms with Crippen LogP contribution in [0.1, 0.15) is 26.1 Å². The second kappa shape index (κ2) is 9.27. The number of aryl methyl sites for hydroxylation is 2. The molecule has 0 amide bonds. The third-order valence-electron chi connectivity index (χ3n) is 3.91. The summed E-state index contributed by atoms with van der Waals surface area (Å²) in [6, 6.07) is 8.24. The normalized spacial score (nSPS) is 13.2. The molecule has 0 aliphatic carbocycles. The largest absolute Gasteiger partial charge is 0.396 e. The van der Waals surface area contributed by atoms with Gasteiger partial charge in [-0.25, -0.2) is 4.98 Å². The average Bonchev–Trinajstić information content (AvgIpc) is 2.91. The predicted octanol–water partition coefficient (Wildman–Crippen LogP) is 1.92. The molecule has 2 rings (SSSR count). The molecule has 3 N–H and O–H groups in total. The number of rotatable bonds is 8. The molecule has 6 nitrogen and oxygen atoms in total. The third-order valence-corrected chi connectivity index (χ3v) is 3.91. The highest BCUT2D eigenvalue weighted by Crippen LogP contribution is 2.15. The molecular weight excluding hydrogens is 302 g/mol. The lowest BCUT2D eigenvalue weighted by Gasteiger charge is -2.13. The second-order valence-corrected chi connectivity index (χ2v) is 6.09. The van der Waals surface area contributed by atoms with Gasteiger partial charge in [0.15, 0.2) is 5.96 Å². The van der Waals surface area contributed by atoms with Gasteiger partial charge in [0.2, 0.25) is 0 Å². The SMILES string of the molecule is CCNC(=NCC(C)CO)NCCCn1c(C)nc2ccccc21. The molecule has 0 bridgehead atoms. The van der Waals surface area contributed by atoms with E-state index >= 15 is 0 Å². The summed E-state index contributed by atoms with van der Waals surface area (Å²) in [6.07, 6.45) is 0.987. The van der Waals surface area contributed by atoms with Crippen molar-refractivity contribution in [2.75, 3.05) is 26.2 Å². The first-order valence-electron chi connectivity index (χ1n) is 8.70. The Balaban J connectivity index is 1.87. The molecule has 0 aliphatic heterocycles. The van der Waals surface area contributed by atoms with E-state index in [4.69, 9.17) is 5.11 Å². The van der Waals surface area contributed by atoms with E-state index in [0.29, 0.717) is 6.54 Å². The van der Waals surface area contributed by atoms with Crippen LogP contribution in [0.25, 0.3) is 11.0 Å². The van der Waals surface area contributed by atoms with Gasteiger partial charge in [-0.2, -0.15) is 0 Å². The van der Waals surface area contributed by atoms with Crippen LogP contribution in [0.4, 0.5) is 0 Å². The van der Waals surface area contributed by atoms with Crippen molar-refractivity contribution in [3.05, 3.63) is 30.1 Å². The summed E-state index contributed by atoms with van der Waals surface area (Å²) in [5.74, 6) is 2.04. The zero-order valence-electron chi connectivity index (χ0n) is 14.9. The number of hydrogen-bond donors (Lipinski definition) is 3. The van der Waals surface area contributed by atoms with Gasteiger partial charge in [0.1, 0.15) is 5.82 Å². The van der Waals surface area contributed by atoms with Crippen molar-refractivity contribution in [3.63, 3.8) is 0 Å². The maximum Gasteiger partial charge on any atom is 0.191 e. The lowest BCUT2D eigenvalue weighted by Crippen LogP contribution is -2.38. The van der Waals surface area contributed by atoms with E-state index in [1.807, 2.05) is 19.9 Å². The fourth-order valence-corrected chi connectivity index (χ4v) is 2.57. The van der Waals surface area contributed by atoms with Crippen LogP contribution >= 0.6 is 0 Å². The van der Waals surface area contributed by atoms with Crippen molar-refractivity contribution >= 4 is 17.0 Å². The molecule has 1 heterocycles. The van der Waals surface area contributed by atoms with Crippen molar-refractivity contribution < 1.29 is 5.11 Å². The van der Waals surface area contributed by atoms with Gasteiger partial charge in [-0.3, -0.25) is 4.99 Å². The minimum Gasteiger partial charge on any atom is -0.396 e. The molecule has 132 valence electrons. The summed E-state index contributed by atoms with van der Waals surface area (Å²) >= 11 is 0. The van der Waals surface area contributed by atoms with Crippen LogP contribution in [-0.2, 0) is 6.54 Å². The molecule has 1 aromatic heterocycles. The molecule has 6 heteroatoms. The topological polar surface area (TPSA) is 74.5 Å². The van der Waals surface area contributed by atoms with Crippen LogP contribution in [-0.4, -0.2) is 46.9 Å². The number of benzene rings is 1. The molecule has 0 radical (unpaired) electrons. The van der Waals surface area contributed by atoms with Gasteiger partial charge in [-0.05, 0) is 38.3 Å². The zero-order valence-corrected chi connectivity index (χ0v) is 14.9. The summed E-state index contributed by atoms with van der Waals surface area (Å²) in [7, 11) is 0. The van der Waals surface area contributed by atoms with E-state index in [1.165, 1.54) is 5.52 Å². The van der Waals surface area contributed by atoms with Gasteiger partial charge >= 0.3 is 0 Å². The molecule has 0 saturated heterocycles. The number of aliphatic hydroxyl groups is 1. The second-order valence-electron chi connectivity index (χ2n) is 6.09. The molecule has 0 saturated carbocycles. The van der Waals surface area contributed by atoms with E-state index in [1.54, 1.807) is 0 Å². The van der Waals surface area contributed by atoms with Crippen LogP contribution in [0.15, 0.2) is 29.3 Å². The van der Waals surface area contributed by atoms with Gasteiger partial charge in [0.05, 0.1) is 11.0 Å². The molecule has 24 heavy (non-hydrogen) atoms. The number of nitrogens with one attached hydrogen (secondary N) is 2. The maximum atomic E-state index is 9.09. The van der Waals surface area contributed by atoms with Gasteiger partial charge in [-0.15, -0.1) is 0 Å². The summed E-state index contributed by atoms with van der Waals surface area (Å²) < 4.78 is 2.26. The van der Waals surface area contributed by atoms with E-state index in [9.17, 15) is 0 Å². The molecule has 2 aromatic rings.